The molecule has 0 spiro atoms. The van der Waals surface area contributed by atoms with Crippen molar-refractivity contribution in [3.63, 3.8) is 0 Å². The molecule has 4 aromatic rings. The molecule has 0 saturated heterocycles. The first-order valence-corrected chi connectivity index (χ1v) is 24.8. The Morgan fingerprint density at radius 3 is 1.28 bits per heavy atom. The molecule has 0 aliphatic rings. The van der Waals surface area contributed by atoms with Gasteiger partial charge in [0.15, 0.2) is 0 Å². The van der Waals surface area contributed by atoms with E-state index in [-0.39, 0.29) is 10.8 Å². The van der Waals surface area contributed by atoms with E-state index in [9.17, 15) is 0 Å². The predicted molar refractivity (Wildman–Crippen MR) is 147 cm³/mol. The maximum absolute atomic E-state index is 5.10. The molecule has 0 aliphatic heterocycles. The topological polar surface area (TPSA) is 25.8 Å². The summed E-state index contributed by atoms with van der Waals surface area (Å²) in [7, 11) is 0. The van der Waals surface area contributed by atoms with E-state index in [1.165, 1.54) is 6.14 Å². The van der Waals surface area contributed by atoms with Crippen LogP contribution in [-0.4, -0.2) is 9.97 Å². The summed E-state index contributed by atoms with van der Waals surface area (Å²) in [5.74, 6) is 7.05. The molecule has 2 aromatic heterocycles. The van der Waals surface area contributed by atoms with Crippen LogP contribution in [0.1, 0.15) is 62.7 Å². The molecule has 0 saturated carbocycles. The van der Waals surface area contributed by atoms with Crippen LogP contribution in [0.4, 0.5) is 0 Å². The first kappa shape index (κ1) is 27.7. The van der Waals surface area contributed by atoms with Gasteiger partial charge in [0.2, 0.25) is 0 Å². The summed E-state index contributed by atoms with van der Waals surface area (Å²) >= 11 is 0.493. The van der Waals surface area contributed by atoms with Crippen LogP contribution in [0.5, 0.6) is 0 Å². The Morgan fingerprint density at radius 2 is 0.944 bits per heavy atom. The molecule has 4 rings (SSSR count). The minimum atomic E-state index is -1.45. The van der Waals surface area contributed by atoms with Gasteiger partial charge in [-0.05, 0) is 0 Å². The summed E-state index contributed by atoms with van der Waals surface area (Å²) in [6.45, 7) is 13.3. The molecule has 0 aliphatic carbocycles. The molecule has 174 valence electrons. The molecule has 0 atom stereocenters. The van der Waals surface area contributed by atoms with Gasteiger partial charge >= 0.3 is 251 Å². The van der Waals surface area contributed by atoms with Crippen LogP contribution in [0.15, 0.2) is 60.7 Å². The van der Waals surface area contributed by atoms with Crippen molar-refractivity contribution >= 4 is 28.8 Å². The van der Waals surface area contributed by atoms with Crippen molar-refractivity contribution in [2.24, 2.45) is 0 Å². The van der Waals surface area contributed by atoms with Crippen LogP contribution in [-0.2, 0) is 60.0 Å². The van der Waals surface area contributed by atoms with Crippen molar-refractivity contribution in [2.75, 3.05) is 0 Å². The van der Waals surface area contributed by atoms with Crippen LogP contribution in [0.3, 0.4) is 0 Å². The summed E-state index contributed by atoms with van der Waals surface area (Å²) < 4.78 is 10.1. The Balaban J connectivity index is 1.68. The van der Waals surface area contributed by atoms with Crippen LogP contribution >= 0.6 is 22.7 Å². The third-order valence-electron chi connectivity index (χ3n) is 5.53. The fraction of sp³-hybridized carbons (Fsp3) is 0.267. The van der Waals surface area contributed by atoms with Crippen LogP contribution in [0, 0.1) is 18.7 Å². The number of nitrogens with zero attached hydrogens (tertiary/aromatic N) is 2. The van der Waals surface area contributed by atoms with E-state index in [1.54, 1.807) is 22.7 Å². The van der Waals surface area contributed by atoms with Crippen molar-refractivity contribution < 1.29 is 49.1 Å². The van der Waals surface area contributed by atoms with E-state index in [4.69, 9.17) is 9.97 Å². The van der Waals surface area contributed by atoms with E-state index in [0.29, 0.717) is 0 Å². The summed E-state index contributed by atoms with van der Waals surface area (Å²) in [5.41, 5.74) is 2.02. The van der Waals surface area contributed by atoms with Crippen molar-refractivity contribution in [1.82, 2.24) is 9.97 Å². The van der Waals surface area contributed by atoms with Crippen molar-refractivity contribution in [2.45, 2.75) is 52.4 Å². The van der Waals surface area contributed by atoms with Gasteiger partial charge in [-0.15, -0.1) is 0 Å². The van der Waals surface area contributed by atoms with E-state index in [1.807, 2.05) is 0 Å². The predicted octanol–water partition coefficient (Wildman–Crippen LogP) is 6.30. The van der Waals surface area contributed by atoms with Crippen LogP contribution in [0.2, 0.25) is 0 Å². The van der Waals surface area contributed by atoms with E-state index < -0.39 is 49.1 Å². The van der Waals surface area contributed by atoms with Gasteiger partial charge in [0, 0.05) is 0 Å². The van der Waals surface area contributed by atoms with Crippen molar-refractivity contribution in [1.29, 1.82) is 0 Å². The Kier molecular flexibility index (Phi) is 9.27. The normalized spacial score (nSPS) is 10.9. The average molecular weight is 882 g/mol. The van der Waals surface area contributed by atoms with Crippen LogP contribution < -0.4 is 6.14 Å². The molecule has 2 aromatic carbocycles. The molecule has 36 heavy (non-hydrogen) atoms. The van der Waals surface area contributed by atoms with Gasteiger partial charge in [-0.3, -0.25) is 0 Å². The van der Waals surface area contributed by atoms with Gasteiger partial charge in [0.1, 0.15) is 0 Å². The third kappa shape index (κ3) is 7.38. The number of hydrogen-bond donors (Lipinski definition) is 0. The Morgan fingerprint density at radius 1 is 0.583 bits per heavy atom. The molecule has 0 fully saturated rings. The SMILES string of the molecule is CC(C)(C)c1nc(-c2nc(C(C)(C)C)c(C#[C][Hg][c]3ccccc3)s2)sc1C#[C][Hg][c]1ccccc1. The summed E-state index contributed by atoms with van der Waals surface area (Å²) in [6.07, 6.45) is 0. The van der Waals surface area contributed by atoms with E-state index in [0.717, 1.165) is 31.2 Å². The van der Waals surface area contributed by atoms with Gasteiger partial charge in [-0.1, -0.05) is 0 Å². The molecular weight excluding hydrogens is 854 g/mol. The molecule has 0 bridgehead atoms. The zero-order valence-corrected chi connectivity index (χ0v) is 34.5. The third-order valence-corrected chi connectivity index (χ3v) is 17.2. The molecule has 0 amide bonds. The fourth-order valence-corrected chi connectivity index (χ4v) is 14.6. The molecule has 2 heterocycles. The summed E-state index contributed by atoms with van der Waals surface area (Å²) in [6, 6.07) is 21.5. The zero-order chi connectivity index (χ0) is 25.8. The maximum atomic E-state index is 5.10. The van der Waals surface area contributed by atoms with Gasteiger partial charge in [0.05, 0.1) is 0 Å². The van der Waals surface area contributed by atoms with Crippen LogP contribution in [0.25, 0.3) is 10.0 Å². The number of benzene rings is 2. The number of aromatic nitrogens is 2. The summed E-state index contributed by atoms with van der Waals surface area (Å²) in [5, 5.41) is 1.94. The average Bonchev–Trinajstić information content (AvgIpc) is 3.45. The standard InChI is InChI=1S/C18H18N2S2.2C6H5.2Hg/c1-9-11-13(17(3,4)5)19-15(21-11)16-20-14(18(6,7)8)12(10-2)22-16;2*1-2-4-6-5-3-1;;/h3-8H3;2*1-5H;;. The number of thiazole rings is 2. The molecule has 0 N–H and O–H groups in total. The van der Waals surface area contributed by atoms with Gasteiger partial charge in [0.25, 0.3) is 0 Å². The van der Waals surface area contributed by atoms with Crippen molar-refractivity contribution in [3.8, 4) is 28.7 Å². The summed E-state index contributed by atoms with van der Waals surface area (Å²) in [4.78, 5) is 12.4. The quantitative estimate of drug-likeness (QED) is 0.179. The second-order valence-electron chi connectivity index (χ2n) is 10.8. The first-order valence-electron chi connectivity index (χ1n) is 12.2. The van der Waals surface area contributed by atoms with Gasteiger partial charge < -0.3 is 0 Å². The monoisotopic (exact) mass is 884 g/mol. The minimum absolute atomic E-state index is 0.0696. The van der Waals surface area contributed by atoms with E-state index >= 15 is 0 Å². The van der Waals surface area contributed by atoms with Crippen molar-refractivity contribution in [3.05, 3.63) is 81.8 Å². The second kappa shape index (κ2) is 12.0. The van der Waals surface area contributed by atoms with E-state index in [2.05, 4.69) is 121 Å². The Hall–Kier alpha value is -1.31. The molecule has 6 heteroatoms. The number of hydrogen-bond acceptors (Lipinski definition) is 4. The Bertz CT molecular complexity index is 1340. The molecule has 0 radical (unpaired) electrons. The van der Waals surface area contributed by atoms with Gasteiger partial charge in [-0.25, -0.2) is 0 Å². The fourth-order valence-electron chi connectivity index (χ4n) is 3.65. The Labute approximate surface area is 248 Å². The zero-order valence-electron chi connectivity index (χ0n) is 21.9. The molecule has 2 nitrogen and oxygen atoms in total. The van der Waals surface area contributed by atoms with Gasteiger partial charge in [-0.2, -0.15) is 0 Å². The number of rotatable bonds is 3. The first-order chi connectivity index (χ1) is 17.1. The molecule has 0 unspecified atom stereocenters. The molecular formula is C30H28Hg2N2S2. The second-order valence-corrected chi connectivity index (χ2v) is 24.7.